The molecule has 0 aliphatic carbocycles. The predicted octanol–water partition coefficient (Wildman–Crippen LogP) is 1.37. The number of rotatable bonds is 7. The second-order valence-electron chi connectivity index (χ2n) is 6.68. The third-order valence-corrected chi connectivity index (χ3v) is 5.91. The van der Waals surface area contributed by atoms with Crippen LogP contribution in [0.25, 0.3) is 0 Å². The van der Waals surface area contributed by atoms with E-state index in [0.717, 1.165) is 6.07 Å². The first-order valence-corrected chi connectivity index (χ1v) is 10.7. The standard InChI is InChI=1S/C17H18ClFN6O4S/c1-9(8-26)23-30(28,29)24-15-12-3-2-4-25(12)16(14(15)18)17(27)22-10-5-11(7-20)21-13(19)6-10/h5-6,9,23-24,26H,2-4,8H2,1H3,(H,21,22,27). The van der Waals surface area contributed by atoms with Crippen LogP contribution < -0.4 is 14.8 Å². The Balaban J connectivity index is 1.94. The molecule has 10 nitrogen and oxygen atoms in total. The number of pyridine rings is 1. The van der Waals surface area contributed by atoms with Crippen molar-refractivity contribution in [3.63, 3.8) is 0 Å². The number of carbonyl (C=O) groups is 1. The number of fused-ring (bicyclic) bond motifs is 1. The zero-order valence-corrected chi connectivity index (χ0v) is 17.3. The fourth-order valence-corrected chi connectivity index (χ4v) is 4.71. The van der Waals surface area contributed by atoms with Crippen LogP contribution in [0.2, 0.25) is 5.02 Å². The maximum Gasteiger partial charge on any atom is 0.299 e. The third kappa shape index (κ3) is 4.54. The summed E-state index contributed by atoms with van der Waals surface area (Å²) in [6.45, 7) is 1.52. The second kappa shape index (κ2) is 8.57. The molecule has 1 aliphatic heterocycles. The van der Waals surface area contributed by atoms with Crippen LogP contribution in [0.1, 0.15) is 35.2 Å². The molecule has 2 aromatic heterocycles. The number of nitriles is 1. The van der Waals surface area contributed by atoms with Crippen LogP contribution in [0, 0.1) is 17.3 Å². The molecule has 2 aromatic rings. The van der Waals surface area contributed by atoms with Crippen molar-refractivity contribution in [1.82, 2.24) is 14.3 Å². The number of hydrogen-bond acceptors (Lipinski definition) is 6. The lowest BCUT2D eigenvalue weighted by molar-refractivity contribution is 0.101. The van der Waals surface area contributed by atoms with Crippen LogP contribution in [0.15, 0.2) is 12.1 Å². The van der Waals surface area contributed by atoms with Gasteiger partial charge in [-0.2, -0.15) is 22.8 Å². The molecule has 0 saturated carbocycles. The van der Waals surface area contributed by atoms with Gasteiger partial charge in [-0.25, -0.2) is 4.98 Å². The number of carbonyl (C=O) groups excluding carboxylic acids is 1. The lowest BCUT2D eigenvalue weighted by Crippen LogP contribution is -2.39. The molecule has 0 bridgehead atoms. The molecule has 1 aliphatic rings. The van der Waals surface area contributed by atoms with Gasteiger partial charge < -0.3 is 15.0 Å². The van der Waals surface area contributed by atoms with Crippen LogP contribution in [0.4, 0.5) is 15.8 Å². The highest BCUT2D eigenvalue weighted by molar-refractivity contribution is 7.90. The zero-order chi connectivity index (χ0) is 22.1. The highest BCUT2D eigenvalue weighted by atomic mass is 35.5. The molecule has 0 fully saturated rings. The van der Waals surface area contributed by atoms with E-state index < -0.39 is 34.7 Å². The van der Waals surface area contributed by atoms with Crippen LogP contribution in [-0.4, -0.2) is 41.6 Å². The Kier molecular flexibility index (Phi) is 6.27. The quantitative estimate of drug-likeness (QED) is 0.462. The molecular weight excluding hydrogens is 439 g/mol. The number of amides is 1. The second-order valence-corrected chi connectivity index (χ2v) is 8.50. The van der Waals surface area contributed by atoms with Gasteiger partial charge in [-0.15, -0.1) is 0 Å². The minimum Gasteiger partial charge on any atom is -0.395 e. The Morgan fingerprint density at radius 3 is 2.90 bits per heavy atom. The molecule has 0 radical (unpaired) electrons. The van der Waals surface area contributed by atoms with Gasteiger partial charge in [0, 0.05) is 30.0 Å². The van der Waals surface area contributed by atoms with E-state index in [1.165, 1.54) is 13.0 Å². The number of aliphatic hydroxyl groups excluding tert-OH is 1. The number of nitrogens with one attached hydrogen (secondary N) is 3. The number of hydrogen-bond donors (Lipinski definition) is 4. The number of halogens is 2. The molecule has 160 valence electrons. The van der Waals surface area contributed by atoms with E-state index in [2.05, 4.69) is 19.7 Å². The van der Waals surface area contributed by atoms with Gasteiger partial charge in [0.2, 0.25) is 5.95 Å². The largest absolute Gasteiger partial charge is 0.395 e. The summed E-state index contributed by atoms with van der Waals surface area (Å²) in [5.41, 5.74) is 0.401. The van der Waals surface area contributed by atoms with E-state index in [-0.39, 0.29) is 27.8 Å². The number of anilines is 2. The molecule has 3 heterocycles. The molecule has 0 spiro atoms. The van der Waals surface area contributed by atoms with E-state index in [9.17, 15) is 17.6 Å². The van der Waals surface area contributed by atoms with E-state index in [1.807, 2.05) is 0 Å². The molecule has 1 atom stereocenters. The van der Waals surface area contributed by atoms with Crippen LogP contribution in [0.5, 0.6) is 0 Å². The number of aliphatic hydroxyl groups is 1. The Morgan fingerprint density at radius 1 is 1.50 bits per heavy atom. The molecule has 1 unspecified atom stereocenters. The SMILES string of the molecule is CC(CO)NS(=O)(=O)Nc1c(Cl)c(C(=O)Nc2cc(F)nc(C#N)c2)n2c1CCC2. The monoisotopic (exact) mass is 456 g/mol. The van der Waals surface area contributed by atoms with E-state index in [4.69, 9.17) is 22.0 Å². The van der Waals surface area contributed by atoms with Gasteiger partial charge >= 0.3 is 0 Å². The summed E-state index contributed by atoms with van der Waals surface area (Å²) >= 11 is 6.35. The Morgan fingerprint density at radius 2 is 2.23 bits per heavy atom. The van der Waals surface area contributed by atoms with E-state index in [0.29, 0.717) is 25.1 Å². The molecule has 3 rings (SSSR count). The average molecular weight is 457 g/mol. The first-order chi connectivity index (χ1) is 14.1. The Hall–Kier alpha value is -2.72. The molecular formula is C17H18ClFN6O4S. The van der Waals surface area contributed by atoms with Crippen molar-refractivity contribution < 1.29 is 22.7 Å². The van der Waals surface area contributed by atoms with Crippen molar-refractivity contribution in [2.75, 3.05) is 16.6 Å². The minimum atomic E-state index is -4.06. The fourth-order valence-electron chi connectivity index (χ4n) is 3.15. The van der Waals surface area contributed by atoms with Crippen LogP contribution in [-0.2, 0) is 23.2 Å². The summed E-state index contributed by atoms with van der Waals surface area (Å²) in [5, 5.41) is 20.3. The Bertz CT molecular complexity index is 1140. The summed E-state index contributed by atoms with van der Waals surface area (Å²) in [7, 11) is -4.06. The molecule has 0 aromatic carbocycles. The predicted molar refractivity (Wildman–Crippen MR) is 107 cm³/mol. The van der Waals surface area contributed by atoms with Gasteiger partial charge in [-0.05, 0) is 25.8 Å². The van der Waals surface area contributed by atoms with Crippen molar-refractivity contribution in [3.8, 4) is 6.07 Å². The van der Waals surface area contributed by atoms with Crippen molar-refractivity contribution in [1.29, 1.82) is 5.26 Å². The van der Waals surface area contributed by atoms with Crippen molar-refractivity contribution in [2.24, 2.45) is 0 Å². The van der Waals surface area contributed by atoms with E-state index >= 15 is 0 Å². The fraction of sp³-hybridized carbons (Fsp3) is 0.353. The third-order valence-electron chi connectivity index (χ3n) is 4.36. The molecule has 1 amide bonds. The topological polar surface area (TPSA) is 149 Å². The van der Waals surface area contributed by atoms with Crippen LogP contribution in [0.3, 0.4) is 0 Å². The normalized spacial score (nSPS) is 14.1. The first kappa shape index (κ1) is 22.0. The van der Waals surface area contributed by atoms with Crippen LogP contribution >= 0.6 is 11.6 Å². The molecule has 13 heteroatoms. The minimum absolute atomic E-state index is 0.00722. The summed E-state index contributed by atoms with van der Waals surface area (Å²) in [5.74, 6) is -1.63. The van der Waals surface area contributed by atoms with Gasteiger partial charge in [0.1, 0.15) is 17.5 Å². The Labute approximate surface area is 176 Å². The summed E-state index contributed by atoms with van der Waals surface area (Å²) in [4.78, 5) is 16.2. The number of aromatic nitrogens is 2. The van der Waals surface area contributed by atoms with Crippen molar-refractivity contribution in [3.05, 3.63) is 40.2 Å². The summed E-state index contributed by atoms with van der Waals surface area (Å²) in [6, 6.07) is 3.11. The first-order valence-electron chi connectivity index (χ1n) is 8.86. The molecule has 30 heavy (non-hydrogen) atoms. The lowest BCUT2D eigenvalue weighted by Gasteiger charge is -2.13. The van der Waals surface area contributed by atoms with Crippen molar-refractivity contribution >= 4 is 39.1 Å². The highest BCUT2D eigenvalue weighted by Gasteiger charge is 2.31. The summed E-state index contributed by atoms with van der Waals surface area (Å²) in [6.07, 6.45) is 1.16. The van der Waals surface area contributed by atoms with Gasteiger partial charge in [-0.3, -0.25) is 9.52 Å². The average Bonchev–Trinajstić information content (AvgIpc) is 3.22. The van der Waals surface area contributed by atoms with Gasteiger partial charge in [-0.1, -0.05) is 11.6 Å². The van der Waals surface area contributed by atoms with Gasteiger partial charge in [0.25, 0.3) is 16.1 Å². The summed E-state index contributed by atoms with van der Waals surface area (Å²) < 4.78 is 44.3. The maximum atomic E-state index is 13.5. The van der Waals surface area contributed by atoms with Gasteiger partial charge in [0.05, 0.1) is 17.3 Å². The maximum absolute atomic E-state index is 13.5. The smallest absolute Gasteiger partial charge is 0.299 e. The lowest BCUT2D eigenvalue weighted by atomic mass is 10.2. The molecule has 0 saturated heterocycles. The molecule has 4 N–H and O–H groups in total. The van der Waals surface area contributed by atoms with Gasteiger partial charge in [0.15, 0.2) is 0 Å². The van der Waals surface area contributed by atoms with E-state index in [1.54, 1.807) is 10.6 Å². The zero-order valence-electron chi connectivity index (χ0n) is 15.7. The highest BCUT2D eigenvalue weighted by Crippen LogP contribution is 2.38. The number of nitrogens with zero attached hydrogens (tertiary/aromatic N) is 3. The van der Waals surface area contributed by atoms with Crippen molar-refractivity contribution in [2.45, 2.75) is 32.4 Å².